The van der Waals surface area contributed by atoms with E-state index in [2.05, 4.69) is 13.8 Å². The number of halogens is 4. The molecule has 0 fully saturated rings. The van der Waals surface area contributed by atoms with E-state index >= 15 is 0 Å². The summed E-state index contributed by atoms with van der Waals surface area (Å²) < 4.78 is 91.5. The Morgan fingerprint density at radius 2 is 0.985 bits per heavy atom. The van der Waals surface area contributed by atoms with E-state index in [9.17, 15) is 35.2 Å². The molecule has 2 N–H and O–H groups in total. The van der Waals surface area contributed by atoms with Gasteiger partial charge in [-0.25, -0.2) is 26.4 Å². The van der Waals surface area contributed by atoms with Gasteiger partial charge >= 0.3 is 11.9 Å². The van der Waals surface area contributed by atoms with Crippen molar-refractivity contribution in [2.75, 3.05) is 34.4 Å². The minimum atomic E-state index is -3.77. The molecular weight excluding hydrogens is 938 g/mol. The fraction of sp³-hybridized carbons (Fsp3) is 0.375. The van der Waals surface area contributed by atoms with E-state index in [-0.39, 0.29) is 42.8 Å². The van der Waals surface area contributed by atoms with Gasteiger partial charge in [-0.1, -0.05) is 113 Å². The maximum absolute atomic E-state index is 13.6. The van der Waals surface area contributed by atoms with Crippen molar-refractivity contribution in [3.05, 3.63) is 119 Å². The first-order chi connectivity index (χ1) is 31.2. The number of para-hydroxylation sites is 2. The molecule has 0 saturated carbocycles. The van der Waals surface area contributed by atoms with Crippen LogP contribution in [0.2, 0.25) is 10.0 Å². The van der Waals surface area contributed by atoms with Crippen LogP contribution in [0.15, 0.2) is 119 Å². The average Bonchev–Trinajstić information content (AvgIpc) is 3.45. The van der Waals surface area contributed by atoms with Crippen molar-refractivity contribution in [2.45, 2.75) is 88.9 Å². The highest BCUT2D eigenvalue weighted by Gasteiger charge is 2.43. The molecule has 2 aliphatic rings. The first kappa shape index (κ1) is 51.8. The molecule has 356 valence electrons. The molecule has 0 spiro atoms. The molecule has 66 heavy (non-hydrogen) atoms. The van der Waals surface area contributed by atoms with Crippen molar-refractivity contribution in [3.8, 4) is 11.5 Å². The Morgan fingerprint density at radius 1 is 0.636 bits per heavy atom. The van der Waals surface area contributed by atoms with Gasteiger partial charge in [0.15, 0.2) is 19.7 Å². The third kappa shape index (κ3) is 12.2. The first-order valence-corrected chi connectivity index (χ1v) is 25.6. The van der Waals surface area contributed by atoms with Gasteiger partial charge in [0.05, 0.1) is 42.7 Å². The molecule has 6 rings (SSSR count). The molecule has 0 aliphatic carbocycles. The number of hydrogen-bond acceptors (Lipinski definition) is 10. The van der Waals surface area contributed by atoms with Crippen molar-refractivity contribution >= 4 is 77.6 Å². The predicted octanol–water partition coefficient (Wildman–Crippen LogP) is 12.3. The standard InChI is InChI=1S/2C24H27ClFNO5S/c2*1-3-5-11-24(4-2)15-27(17-9-7-6-8-10-17)20-12-18(25)21(32-14-19(26)23(28)29)13-22(20)33(30,31)16-24/h2*6-10,12-14H,3-5,11,15-16H2,1-2H3,(H,28,29)/b2*19-14-/t2*24-/m10/s1. The third-order valence-corrected chi connectivity index (χ3v) is 16.6. The number of nitrogens with zero attached hydrogens (tertiary/aromatic N) is 2. The molecule has 0 radical (unpaired) electrons. The minimum absolute atomic E-state index is 0.0155. The Hall–Kier alpha value is -5.16. The fourth-order valence-corrected chi connectivity index (χ4v) is 13.0. The first-order valence-electron chi connectivity index (χ1n) is 21.5. The molecule has 18 heteroatoms. The van der Waals surface area contributed by atoms with Crippen LogP contribution in [0.3, 0.4) is 0 Å². The van der Waals surface area contributed by atoms with E-state index in [1.165, 1.54) is 24.3 Å². The Morgan fingerprint density at radius 3 is 1.29 bits per heavy atom. The highest BCUT2D eigenvalue weighted by atomic mass is 35.5. The smallest absolute Gasteiger partial charge is 0.368 e. The van der Waals surface area contributed by atoms with E-state index in [0.29, 0.717) is 49.8 Å². The number of aliphatic carboxylic acids is 2. The molecule has 0 saturated heterocycles. The third-order valence-electron chi connectivity index (χ3n) is 12.0. The summed E-state index contributed by atoms with van der Waals surface area (Å²) in [5, 5.41) is 17.5. The van der Waals surface area contributed by atoms with Crippen molar-refractivity contribution < 1.29 is 54.9 Å². The second-order valence-electron chi connectivity index (χ2n) is 16.6. The molecule has 2 atom stereocenters. The van der Waals surface area contributed by atoms with Gasteiger partial charge in [0.2, 0.25) is 11.7 Å². The number of benzene rings is 4. The van der Waals surface area contributed by atoms with Gasteiger partial charge in [0, 0.05) is 47.4 Å². The maximum Gasteiger partial charge on any atom is 0.368 e. The summed E-state index contributed by atoms with van der Waals surface area (Å²) in [7, 11) is -7.55. The van der Waals surface area contributed by atoms with Crippen molar-refractivity contribution in [1.82, 2.24) is 0 Å². The molecule has 0 amide bonds. The number of sulfone groups is 2. The predicted molar refractivity (Wildman–Crippen MR) is 253 cm³/mol. The van der Waals surface area contributed by atoms with Crippen LogP contribution in [0.5, 0.6) is 11.5 Å². The Kier molecular flexibility index (Phi) is 17.3. The summed E-state index contributed by atoms with van der Waals surface area (Å²) in [4.78, 5) is 25.4. The van der Waals surface area contributed by atoms with Gasteiger partial charge in [-0.15, -0.1) is 0 Å². The highest BCUT2D eigenvalue weighted by Crippen LogP contribution is 2.49. The van der Waals surface area contributed by atoms with Crippen molar-refractivity contribution in [1.29, 1.82) is 0 Å². The summed E-state index contributed by atoms with van der Waals surface area (Å²) in [6.45, 7) is 9.14. The van der Waals surface area contributed by atoms with Crippen LogP contribution < -0.4 is 19.3 Å². The van der Waals surface area contributed by atoms with E-state index in [1.54, 1.807) is 0 Å². The average molecular weight is 992 g/mol. The van der Waals surface area contributed by atoms with Crippen LogP contribution >= 0.6 is 23.2 Å². The molecule has 0 bridgehead atoms. The normalized spacial score (nSPS) is 20.1. The lowest BCUT2D eigenvalue weighted by molar-refractivity contribution is -0.135. The van der Waals surface area contributed by atoms with Crippen molar-refractivity contribution in [2.24, 2.45) is 10.8 Å². The Balaban J connectivity index is 0.000000247. The van der Waals surface area contributed by atoms with Crippen LogP contribution in [0.4, 0.5) is 31.5 Å². The van der Waals surface area contributed by atoms with Gasteiger partial charge in [0.1, 0.15) is 24.0 Å². The Bertz CT molecular complexity index is 2490. The molecule has 0 unspecified atom stereocenters. The largest absolute Gasteiger partial charge is 0.476 e. The van der Waals surface area contributed by atoms with E-state index < -0.39 is 54.1 Å². The van der Waals surface area contributed by atoms with Crippen LogP contribution in [-0.2, 0) is 29.3 Å². The number of hydrogen-bond donors (Lipinski definition) is 2. The number of anilines is 4. The highest BCUT2D eigenvalue weighted by molar-refractivity contribution is 7.92. The van der Waals surface area contributed by atoms with Crippen LogP contribution in [0.1, 0.15) is 79.1 Å². The minimum Gasteiger partial charge on any atom is -0.476 e. The van der Waals surface area contributed by atoms with Crippen LogP contribution in [0, 0.1) is 10.8 Å². The molecule has 4 aromatic rings. The van der Waals surface area contributed by atoms with Crippen molar-refractivity contribution in [3.63, 3.8) is 0 Å². The zero-order valence-electron chi connectivity index (χ0n) is 37.1. The van der Waals surface area contributed by atoms with E-state index in [1.807, 2.05) is 84.3 Å². The number of ether oxygens (including phenoxy) is 2. The topological polar surface area (TPSA) is 168 Å². The SMILES string of the molecule is CCCC[C@@]1(CC)CN(c2ccccc2)c2cc(Cl)c(O/C=C(\F)C(=O)O)cc2S(=O)(=O)C1.CCCC[C@]1(CC)CN(c2ccccc2)c2cc(Cl)c(O/C=C(\F)C(=O)O)cc2S(=O)(=O)C1. The number of fused-ring (bicyclic) bond motifs is 2. The Labute approximate surface area is 395 Å². The number of carbonyl (C=O) groups is 2. The molecule has 2 aliphatic heterocycles. The monoisotopic (exact) mass is 990 g/mol. The van der Waals surface area contributed by atoms with Crippen LogP contribution in [-0.4, -0.2) is 63.6 Å². The number of carboxylic acids is 2. The lowest BCUT2D eigenvalue weighted by Crippen LogP contribution is -2.37. The van der Waals surface area contributed by atoms with Gasteiger partial charge in [-0.2, -0.15) is 8.78 Å². The van der Waals surface area contributed by atoms with Gasteiger partial charge in [-0.05, 0) is 62.1 Å². The van der Waals surface area contributed by atoms with E-state index in [0.717, 1.165) is 49.9 Å². The zero-order valence-corrected chi connectivity index (χ0v) is 40.3. The summed E-state index contributed by atoms with van der Waals surface area (Å²) in [5.41, 5.74) is 1.51. The molecule has 0 aromatic heterocycles. The number of rotatable bonds is 16. The quantitative estimate of drug-likeness (QED) is 0.0806. The maximum atomic E-state index is 13.6. The fourth-order valence-electron chi connectivity index (χ4n) is 8.24. The summed E-state index contributed by atoms with van der Waals surface area (Å²) in [6.07, 6.45) is 7.34. The number of carboxylic acid groups (broad SMARTS) is 2. The summed E-state index contributed by atoms with van der Waals surface area (Å²) >= 11 is 12.7. The van der Waals surface area contributed by atoms with Crippen LogP contribution in [0.25, 0.3) is 0 Å². The lowest BCUT2D eigenvalue weighted by Gasteiger charge is -2.36. The molecule has 2 heterocycles. The van der Waals surface area contributed by atoms with Gasteiger partial charge in [0.25, 0.3) is 0 Å². The summed E-state index contributed by atoms with van der Waals surface area (Å²) in [5.74, 6) is -7.03. The van der Waals surface area contributed by atoms with E-state index in [4.69, 9.17) is 42.9 Å². The van der Waals surface area contributed by atoms with Gasteiger partial charge in [-0.3, -0.25) is 0 Å². The number of unbranched alkanes of at least 4 members (excludes halogenated alkanes) is 2. The molecule has 12 nitrogen and oxygen atoms in total. The second kappa shape index (κ2) is 22.1. The zero-order chi connectivity index (χ0) is 48.5. The summed E-state index contributed by atoms with van der Waals surface area (Å²) in [6, 6.07) is 24.4. The van der Waals surface area contributed by atoms with Gasteiger partial charge < -0.3 is 29.5 Å². The molecular formula is C48H54Cl2F2N2O10S2. The lowest BCUT2D eigenvalue weighted by atomic mass is 9.81. The molecule has 4 aromatic carbocycles. The second-order valence-corrected chi connectivity index (χ2v) is 21.3.